The van der Waals surface area contributed by atoms with Crippen LogP contribution in [0.2, 0.25) is 0 Å². The van der Waals surface area contributed by atoms with Gasteiger partial charge in [0.05, 0.1) is 12.2 Å². The third kappa shape index (κ3) is 11.2. The number of nitrogens with zero attached hydrogens (tertiary/aromatic N) is 1. The fourth-order valence-electron chi connectivity index (χ4n) is 5.84. The summed E-state index contributed by atoms with van der Waals surface area (Å²) in [7, 11) is 9.11. The standard InChI is InChI=1S/C32H54N2O12/c1-20(37)33-17-22-10-9-11-23(16-22)18-34(21(2)38)19-26(40-4)28(42-6)29(24(39-3)12-14-35)46-32-31(44-8)30(43-7)27(41-5)25(45-32)13-15-36/h9-11,16,24-32,35-36H,12-15,17-19H2,1-8H3,(H,33,37)/t24?,25?,26-,27-,28+,29+,30-,31?,32+/m1/s1. The number of carbonyl (C=O) groups excluding carboxylic acids is 2. The minimum absolute atomic E-state index is 0.132. The van der Waals surface area contributed by atoms with Crippen molar-refractivity contribution in [3.8, 4) is 0 Å². The van der Waals surface area contributed by atoms with Crippen LogP contribution in [-0.4, -0.2) is 144 Å². The lowest BCUT2D eigenvalue weighted by Crippen LogP contribution is -2.62. The lowest BCUT2D eigenvalue weighted by molar-refractivity contribution is -0.335. The number of rotatable bonds is 21. The summed E-state index contributed by atoms with van der Waals surface area (Å²) in [5, 5.41) is 22.4. The van der Waals surface area contributed by atoms with Crippen molar-refractivity contribution in [3.63, 3.8) is 0 Å². The second kappa shape index (κ2) is 20.9. The fraction of sp³-hybridized carbons (Fsp3) is 0.750. The third-order valence-corrected chi connectivity index (χ3v) is 8.21. The maximum absolute atomic E-state index is 12.9. The molecule has 46 heavy (non-hydrogen) atoms. The highest BCUT2D eigenvalue weighted by Crippen LogP contribution is 2.32. The van der Waals surface area contributed by atoms with Gasteiger partial charge in [0.15, 0.2) is 6.29 Å². The van der Waals surface area contributed by atoms with E-state index in [9.17, 15) is 19.8 Å². The molecule has 3 N–H and O–H groups in total. The maximum Gasteiger partial charge on any atom is 0.219 e. The Kier molecular flexibility index (Phi) is 18.1. The number of benzene rings is 1. The van der Waals surface area contributed by atoms with E-state index in [-0.39, 0.29) is 51.0 Å². The highest BCUT2D eigenvalue weighted by Gasteiger charge is 2.50. The molecule has 0 aromatic heterocycles. The number of aliphatic hydroxyl groups excluding tert-OH is 2. The van der Waals surface area contributed by atoms with Gasteiger partial charge in [-0.15, -0.1) is 0 Å². The van der Waals surface area contributed by atoms with Gasteiger partial charge in [-0.2, -0.15) is 0 Å². The SMILES string of the molecule is COC(CCO)[C@H](O[C@@H]1OC(CCO)[C@@H](OC)[C@@H](OC)C1OC)[C@@H](OC)[C@@H](CN(Cc1cccc(CNC(C)=O)c1)C(C)=O)OC. The third-order valence-electron chi connectivity index (χ3n) is 8.21. The number of hydrogen-bond donors (Lipinski definition) is 3. The first-order valence-corrected chi connectivity index (χ1v) is 15.4. The van der Waals surface area contributed by atoms with Gasteiger partial charge in [-0.3, -0.25) is 9.59 Å². The Labute approximate surface area is 272 Å². The smallest absolute Gasteiger partial charge is 0.219 e. The molecule has 1 aromatic rings. The fourth-order valence-corrected chi connectivity index (χ4v) is 5.84. The summed E-state index contributed by atoms with van der Waals surface area (Å²) < 4.78 is 47.9. The summed E-state index contributed by atoms with van der Waals surface area (Å²) in [6.45, 7) is 3.38. The minimum Gasteiger partial charge on any atom is -0.396 e. The molecular weight excluding hydrogens is 604 g/mol. The van der Waals surface area contributed by atoms with Crippen molar-refractivity contribution in [2.45, 2.75) is 94.9 Å². The van der Waals surface area contributed by atoms with E-state index in [4.69, 9.17) is 37.9 Å². The van der Waals surface area contributed by atoms with E-state index < -0.39 is 55.1 Å². The monoisotopic (exact) mass is 658 g/mol. The first-order chi connectivity index (χ1) is 22.1. The van der Waals surface area contributed by atoms with Crippen LogP contribution in [0.25, 0.3) is 0 Å². The molecule has 14 nitrogen and oxygen atoms in total. The van der Waals surface area contributed by atoms with E-state index in [2.05, 4.69) is 5.32 Å². The largest absolute Gasteiger partial charge is 0.396 e. The molecule has 14 heteroatoms. The van der Waals surface area contributed by atoms with Crippen LogP contribution < -0.4 is 5.32 Å². The molecule has 0 saturated carbocycles. The van der Waals surface area contributed by atoms with Crippen LogP contribution in [0.15, 0.2) is 24.3 Å². The summed E-state index contributed by atoms with van der Waals surface area (Å²) in [5.41, 5.74) is 1.77. The molecule has 1 saturated heterocycles. The molecule has 1 heterocycles. The lowest BCUT2D eigenvalue weighted by atomic mass is 9.95. The highest BCUT2D eigenvalue weighted by atomic mass is 16.7. The summed E-state index contributed by atoms with van der Waals surface area (Å²) in [6, 6.07) is 7.62. The number of aliphatic hydroxyl groups is 2. The van der Waals surface area contributed by atoms with Crippen LogP contribution >= 0.6 is 0 Å². The molecule has 0 bridgehead atoms. The Morgan fingerprint density at radius 1 is 0.870 bits per heavy atom. The van der Waals surface area contributed by atoms with Gasteiger partial charge >= 0.3 is 0 Å². The van der Waals surface area contributed by atoms with E-state index in [1.54, 1.807) is 4.90 Å². The van der Waals surface area contributed by atoms with Crippen molar-refractivity contribution in [1.82, 2.24) is 10.2 Å². The molecule has 0 radical (unpaired) electrons. The van der Waals surface area contributed by atoms with E-state index in [0.717, 1.165) is 11.1 Å². The predicted octanol–water partition coefficient (Wildman–Crippen LogP) is 0.636. The average Bonchev–Trinajstić information content (AvgIpc) is 3.04. The van der Waals surface area contributed by atoms with E-state index in [1.807, 2.05) is 24.3 Å². The summed E-state index contributed by atoms with van der Waals surface area (Å²) in [5.74, 6) is -0.317. The van der Waals surface area contributed by atoms with Gasteiger partial charge in [-0.25, -0.2) is 0 Å². The summed E-state index contributed by atoms with van der Waals surface area (Å²) in [6.07, 6.45) is -6.08. The highest BCUT2D eigenvalue weighted by molar-refractivity contribution is 5.73. The Bertz CT molecular complexity index is 1030. The number of nitrogens with one attached hydrogen (secondary N) is 1. The molecule has 9 atom stereocenters. The zero-order valence-electron chi connectivity index (χ0n) is 28.4. The molecule has 1 aliphatic rings. The number of hydrogen-bond acceptors (Lipinski definition) is 12. The molecule has 2 amide bonds. The zero-order chi connectivity index (χ0) is 34.2. The molecule has 1 fully saturated rings. The molecule has 0 aliphatic carbocycles. The van der Waals surface area contributed by atoms with E-state index >= 15 is 0 Å². The van der Waals surface area contributed by atoms with Crippen molar-refractivity contribution < 1.29 is 57.7 Å². The summed E-state index contributed by atoms with van der Waals surface area (Å²) >= 11 is 0. The number of methoxy groups -OCH3 is 6. The van der Waals surface area contributed by atoms with E-state index in [0.29, 0.717) is 6.54 Å². The molecule has 264 valence electrons. The van der Waals surface area contributed by atoms with Gasteiger partial charge in [0.1, 0.15) is 36.6 Å². The Morgan fingerprint density at radius 3 is 2.04 bits per heavy atom. The van der Waals surface area contributed by atoms with Crippen molar-refractivity contribution in [1.29, 1.82) is 0 Å². The van der Waals surface area contributed by atoms with Crippen LogP contribution in [0.5, 0.6) is 0 Å². The molecule has 0 spiro atoms. The number of ether oxygens (including phenoxy) is 8. The van der Waals surface area contributed by atoms with Crippen molar-refractivity contribution in [2.75, 3.05) is 62.4 Å². The van der Waals surface area contributed by atoms with Gasteiger partial charge in [-0.05, 0) is 24.0 Å². The van der Waals surface area contributed by atoms with Gasteiger partial charge in [0, 0.05) is 89.4 Å². The first kappa shape index (κ1) is 39.9. The minimum atomic E-state index is -1.01. The molecule has 2 rings (SSSR count). The Balaban J connectivity index is 2.41. The average molecular weight is 659 g/mol. The van der Waals surface area contributed by atoms with Gasteiger partial charge in [0.2, 0.25) is 11.8 Å². The topological polar surface area (TPSA) is 164 Å². The quantitative estimate of drug-likeness (QED) is 0.169. The van der Waals surface area contributed by atoms with Gasteiger partial charge < -0.3 is 58.3 Å². The van der Waals surface area contributed by atoms with Crippen LogP contribution in [0, 0.1) is 0 Å². The molecular formula is C32H54N2O12. The first-order valence-electron chi connectivity index (χ1n) is 15.4. The van der Waals surface area contributed by atoms with Crippen molar-refractivity contribution in [3.05, 3.63) is 35.4 Å². The Hall–Kier alpha value is -2.24. The Morgan fingerprint density at radius 2 is 1.52 bits per heavy atom. The van der Waals surface area contributed by atoms with Crippen LogP contribution in [0.1, 0.15) is 37.8 Å². The van der Waals surface area contributed by atoms with Crippen LogP contribution in [-0.2, 0) is 60.6 Å². The number of amides is 2. The van der Waals surface area contributed by atoms with Gasteiger partial charge in [0.25, 0.3) is 0 Å². The lowest BCUT2D eigenvalue weighted by Gasteiger charge is -2.47. The molecule has 3 unspecified atom stereocenters. The predicted molar refractivity (Wildman–Crippen MR) is 167 cm³/mol. The molecule has 1 aromatic carbocycles. The van der Waals surface area contributed by atoms with E-state index in [1.165, 1.54) is 56.5 Å². The van der Waals surface area contributed by atoms with Crippen molar-refractivity contribution >= 4 is 11.8 Å². The number of carbonyl (C=O) groups is 2. The van der Waals surface area contributed by atoms with Crippen molar-refractivity contribution in [2.24, 2.45) is 0 Å². The summed E-state index contributed by atoms with van der Waals surface area (Å²) in [4.78, 5) is 25.9. The van der Waals surface area contributed by atoms with Crippen LogP contribution in [0.3, 0.4) is 0 Å². The second-order valence-electron chi connectivity index (χ2n) is 11.1. The van der Waals surface area contributed by atoms with Crippen LogP contribution in [0.4, 0.5) is 0 Å². The zero-order valence-corrected chi connectivity index (χ0v) is 28.4. The maximum atomic E-state index is 12.9. The second-order valence-corrected chi connectivity index (χ2v) is 11.1. The molecule has 1 aliphatic heterocycles. The van der Waals surface area contributed by atoms with Gasteiger partial charge in [-0.1, -0.05) is 24.3 Å². The normalized spacial score (nSPS) is 24.2.